The van der Waals surface area contributed by atoms with Crippen LogP contribution in [0.25, 0.3) is 16.9 Å². The first kappa shape index (κ1) is 16.6. The molecule has 4 aromatic rings. The number of ether oxygens (including phenoxy) is 1. The average molecular weight is 366 g/mol. The Kier molecular flexibility index (Phi) is 4.56. The smallest absolute Gasteiger partial charge is 0.147 e. The van der Waals surface area contributed by atoms with Crippen LogP contribution < -0.4 is 4.74 Å². The fourth-order valence-electron chi connectivity index (χ4n) is 2.84. The van der Waals surface area contributed by atoms with E-state index in [0.29, 0.717) is 34.5 Å². The maximum atomic E-state index is 9.88. The Morgan fingerprint density at radius 1 is 0.962 bits per heavy atom. The Labute approximate surface area is 155 Å². The maximum Gasteiger partial charge on any atom is 0.147 e. The van der Waals surface area contributed by atoms with Gasteiger partial charge in [-0.25, -0.2) is 9.50 Å². The van der Waals surface area contributed by atoms with Crippen LogP contribution in [-0.4, -0.2) is 19.7 Å². The monoisotopic (exact) mass is 365 g/mol. The maximum absolute atomic E-state index is 9.88. The minimum absolute atomic E-state index is 0.158. The highest BCUT2D eigenvalue weighted by molar-refractivity contribution is 6.29. The van der Waals surface area contributed by atoms with Gasteiger partial charge in [0.25, 0.3) is 0 Å². The van der Waals surface area contributed by atoms with Crippen molar-refractivity contribution in [3.63, 3.8) is 0 Å². The number of halogens is 1. The molecule has 1 aromatic carbocycles. The van der Waals surface area contributed by atoms with Crippen LogP contribution in [0.4, 0.5) is 0 Å². The summed E-state index contributed by atoms with van der Waals surface area (Å²) in [6.07, 6.45) is 1.83. The molecule has 5 nitrogen and oxygen atoms in total. The Balaban J connectivity index is 1.78. The SMILES string of the molecule is OCc1c(-c2nc(Cl)ccc2OCc2ccccc2)nn2ccccc12. The van der Waals surface area contributed by atoms with Crippen molar-refractivity contribution in [2.45, 2.75) is 13.2 Å². The molecule has 0 aliphatic rings. The minimum atomic E-state index is -0.158. The van der Waals surface area contributed by atoms with E-state index >= 15 is 0 Å². The summed E-state index contributed by atoms with van der Waals surface area (Å²) in [6.45, 7) is 0.244. The zero-order valence-corrected chi connectivity index (χ0v) is 14.6. The Morgan fingerprint density at radius 3 is 2.58 bits per heavy atom. The van der Waals surface area contributed by atoms with Crippen LogP contribution in [0.3, 0.4) is 0 Å². The quantitative estimate of drug-likeness (QED) is 0.540. The average Bonchev–Trinajstić information content (AvgIpc) is 3.06. The van der Waals surface area contributed by atoms with Gasteiger partial charge in [-0.1, -0.05) is 48.0 Å². The lowest BCUT2D eigenvalue weighted by atomic mass is 10.1. The number of aromatic nitrogens is 3. The molecule has 26 heavy (non-hydrogen) atoms. The number of aliphatic hydroxyl groups is 1. The van der Waals surface area contributed by atoms with Crippen molar-refractivity contribution < 1.29 is 9.84 Å². The zero-order valence-electron chi connectivity index (χ0n) is 13.8. The first-order valence-corrected chi connectivity index (χ1v) is 8.55. The van der Waals surface area contributed by atoms with Gasteiger partial charge in [0.15, 0.2) is 0 Å². The van der Waals surface area contributed by atoms with E-state index in [-0.39, 0.29) is 6.61 Å². The second-order valence-corrected chi connectivity index (χ2v) is 6.16. The predicted octanol–water partition coefficient (Wildman–Crippen LogP) is 4.12. The summed E-state index contributed by atoms with van der Waals surface area (Å²) in [4.78, 5) is 4.41. The fourth-order valence-corrected chi connectivity index (χ4v) is 2.99. The highest BCUT2D eigenvalue weighted by atomic mass is 35.5. The third kappa shape index (κ3) is 3.14. The van der Waals surface area contributed by atoms with E-state index in [9.17, 15) is 5.11 Å². The third-order valence-electron chi connectivity index (χ3n) is 4.09. The number of benzene rings is 1. The summed E-state index contributed by atoms with van der Waals surface area (Å²) in [5, 5.41) is 14.8. The molecule has 0 atom stereocenters. The van der Waals surface area contributed by atoms with E-state index < -0.39 is 0 Å². The molecule has 0 fully saturated rings. The van der Waals surface area contributed by atoms with E-state index in [1.165, 1.54) is 0 Å². The van der Waals surface area contributed by atoms with Gasteiger partial charge in [-0.15, -0.1) is 0 Å². The van der Waals surface area contributed by atoms with Gasteiger partial charge in [0.2, 0.25) is 0 Å². The number of fused-ring (bicyclic) bond motifs is 1. The Bertz CT molecular complexity index is 1050. The molecule has 4 rings (SSSR count). The van der Waals surface area contributed by atoms with Gasteiger partial charge in [0.05, 0.1) is 12.1 Å². The van der Waals surface area contributed by atoms with Crippen LogP contribution in [0.5, 0.6) is 5.75 Å². The number of aliphatic hydroxyl groups excluding tert-OH is 1. The molecule has 3 aromatic heterocycles. The molecule has 130 valence electrons. The number of hydrogen-bond acceptors (Lipinski definition) is 4. The topological polar surface area (TPSA) is 59.7 Å². The first-order chi connectivity index (χ1) is 12.8. The van der Waals surface area contributed by atoms with Crippen LogP contribution in [0.15, 0.2) is 66.9 Å². The number of rotatable bonds is 5. The molecule has 0 spiro atoms. The third-order valence-corrected chi connectivity index (χ3v) is 4.30. The standard InChI is InChI=1S/C20H16ClN3O2/c21-18-10-9-17(26-13-14-6-2-1-3-7-14)20(22-18)19-15(12-25)16-8-4-5-11-24(16)23-19/h1-11,25H,12-13H2. The highest BCUT2D eigenvalue weighted by Gasteiger charge is 2.19. The van der Waals surface area contributed by atoms with Crippen LogP contribution >= 0.6 is 11.6 Å². The van der Waals surface area contributed by atoms with Crippen molar-refractivity contribution in [3.05, 3.63) is 83.1 Å². The zero-order chi connectivity index (χ0) is 17.9. The molecule has 0 saturated carbocycles. The lowest BCUT2D eigenvalue weighted by Gasteiger charge is -2.11. The van der Waals surface area contributed by atoms with E-state index in [1.807, 2.05) is 54.7 Å². The lowest BCUT2D eigenvalue weighted by Crippen LogP contribution is -2.00. The number of hydrogen-bond donors (Lipinski definition) is 1. The molecule has 3 heterocycles. The van der Waals surface area contributed by atoms with Gasteiger partial charge >= 0.3 is 0 Å². The van der Waals surface area contributed by atoms with E-state index in [4.69, 9.17) is 16.3 Å². The normalized spacial score (nSPS) is 11.0. The van der Waals surface area contributed by atoms with E-state index in [0.717, 1.165) is 11.1 Å². The van der Waals surface area contributed by atoms with Crippen molar-refractivity contribution in [1.82, 2.24) is 14.6 Å². The summed E-state index contributed by atoms with van der Waals surface area (Å²) in [7, 11) is 0. The summed E-state index contributed by atoms with van der Waals surface area (Å²) < 4.78 is 7.69. The van der Waals surface area contributed by atoms with Gasteiger partial charge in [0.1, 0.15) is 28.9 Å². The van der Waals surface area contributed by atoms with Gasteiger partial charge < -0.3 is 9.84 Å². The van der Waals surface area contributed by atoms with Gasteiger partial charge in [-0.3, -0.25) is 0 Å². The Hall–Kier alpha value is -2.89. The second kappa shape index (κ2) is 7.15. The summed E-state index contributed by atoms with van der Waals surface area (Å²) >= 11 is 6.11. The summed E-state index contributed by atoms with van der Waals surface area (Å²) in [5.74, 6) is 0.566. The molecule has 0 aliphatic heterocycles. The summed E-state index contributed by atoms with van der Waals surface area (Å²) in [6, 6.07) is 19.0. The van der Waals surface area contributed by atoms with Crippen molar-refractivity contribution in [2.24, 2.45) is 0 Å². The van der Waals surface area contributed by atoms with Crippen LogP contribution in [0.1, 0.15) is 11.1 Å². The van der Waals surface area contributed by atoms with Crippen LogP contribution in [-0.2, 0) is 13.2 Å². The molecular formula is C20H16ClN3O2. The molecule has 6 heteroatoms. The number of pyridine rings is 2. The largest absolute Gasteiger partial charge is 0.487 e. The van der Waals surface area contributed by atoms with Crippen LogP contribution in [0.2, 0.25) is 5.15 Å². The fraction of sp³-hybridized carbons (Fsp3) is 0.100. The molecule has 0 unspecified atom stereocenters. The van der Waals surface area contributed by atoms with Crippen molar-refractivity contribution in [3.8, 4) is 17.1 Å². The minimum Gasteiger partial charge on any atom is -0.487 e. The van der Waals surface area contributed by atoms with E-state index in [2.05, 4.69) is 10.1 Å². The van der Waals surface area contributed by atoms with Crippen molar-refractivity contribution in [2.75, 3.05) is 0 Å². The molecule has 0 amide bonds. The second-order valence-electron chi connectivity index (χ2n) is 5.77. The molecular weight excluding hydrogens is 350 g/mol. The van der Waals surface area contributed by atoms with Gasteiger partial charge in [-0.05, 0) is 29.8 Å². The molecule has 0 saturated heterocycles. The number of nitrogens with zero attached hydrogens (tertiary/aromatic N) is 3. The van der Waals surface area contributed by atoms with Crippen molar-refractivity contribution >= 4 is 17.1 Å². The summed E-state index contributed by atoms with van der Waals surface area (Å²) in [5.41, 5.74) is 3.63. The Morgan fingerprint density at radius 2 is 1.77 bits per heavy atom. The van der Waals surface area contributed by atoms with Crippen molar-refractivity contribution in [1.29, 1.82) is 0 Å². The molecule has 0 aliphatic carbocycles. The molecule has 0 radical (unpaired) electrons. The predicted molar refractivity (Wildman–Crippen MR) is 100 cm³/mol. The van der Waals surface area contributed by atoms with Gasteiger partial charge in [0, 0.05) is 11.8 Å². The van der Waals surface area contributed by atoms with Crippen LogP contribution in [0, 0.1) is 0 Å². The molecule has 0 bridgehead atoms. The van der Waals surface area contributed by atoms with E-state index in [1.54, 1.807) is 16.6 Å². The molecule has 1 N–H and O–H groups in total. The lowest BCUT2D eigenvalue weighted by molar-refractivity contribution is 0.283. The first-order valence-electron chi connectivity index (χ1n) is 8.17. The highest BCUT2D eigenvalue weighted by Crippen LogP contribution is 2.33. The van der Waals surface area contributed by atoms with Gasteiger partial charge in [-0.2, -0.15) is 5.10 Å².